The second kappa shape index (κ2) is 7.14. The molecule has 0 aromatic heterocycles. The van der Waals surface area contributed by atoms with Gasteiger partial charge in [-0.25, -0.2) is 0 Å². The molecule has 0 atom stereocenters. The van der Waals surface area contributed by atoms with Crippen LogP contribution in [0.4, 0.5) is 5.69 Å². The van der Waals surface area contributed by atoms with Gasteiger partial charge < -0.3 is 15.8 Å². The number of amidine groups is 1. The van der Waals surface area contributed by atoms with Gasteiger partial charge in [-0.3, -0.25) is 4.90 Å². The Morgan fingerprint density at radius 3 is 2.70 bits per heavy atom. The van der Waals surface area contributed by atoms with Crippen molar-refractivity contribution >= 4 is 11.5 Å². The number of anilines is 1. The number of piperazine rings is 1. The molecule has 0 aliphatic carbocycles. The van der Waals surface area contributed by atoms with Gasteiger partial charge in [-0.2, -0.15) is 0 Å². The molecule has 0 unspecified atom stereocenters. The number of oxime groups is 1. The Morgan fingerprint density at radius 2 is 2.05 bits per heavy atom. The number of hydrogen-bond acceptors (Lipinski definition) is 4. The fourth-order valence-electron chi connectivity index (χ4n) is 2.59. The highest BCUT2D eigenvalue weighted by Crippen LogP contribution is 2.17. The number of rotatable bonds is 5. The summed E-state index contributed by atoms with van der Waals surface area (Å²) in [6.07, 6.45) is 1.61. The summed E-state index contributed by atoms with van der Waals surface area (Å²) in [4.78, 5) is 4.88. The van der Waals surface area contributed by atoms with E-state index in [0.29, 0.717) is 12.3 Å². The van der Waals surface area contributed by atoms with E-state index >= 15 is 0 Å². The van der Waals surface area contributed by atoms with Crippen LogP contribution in [0, 0.1) is 6.92 Å². The SMILES string of the molecule is Cc1cccc(N2CCN(CCC/C(N)=N/O)CC2)c1. The summed E-state index contributed by atoms with van der Waals surface area (Å²) < 4.78 is 0. The molecule has 0 radical (unpaired) electrons. The van der Waals surface area contributed by atoms with Gasteiger partial charge in [0.25, 0.3) is 0 Å². The standard InChI is InChI=1S/C15H24N4O/c1-13-4-2-5-14(12-13)19-10-8-18(9-11-19)7-3-6-15(16)17-20/h2,4-5,12,20H,3,6-11H2,1H3,(H2,16,17). The maximum Gasteiger partial charge on any atom is 0.139 e. The number of nitrogens with zero attached hydrogens (tertiary/aromatic N) is 3. The molecule has 1 heterocycles. The summed E-state index contributed by atoms with van der Waals surface area (Å²) in [5.41, 5.74) is 8.10. The van der Waals surface area contributed by atoms with Gasteiger partial charge >= 0.3 is 0 Å². The molecule has 1 aromatic rings. The van der Waals surface area contributed by atoms with E-state index in [1.54, 1.807) is 0 Å². The molecule has 1 aliphatic heterocycles. The van der Waals surface area contributed by atoms with Gasteiger partial charge in [0.15, 0.2) is 0 Å². The third-order valence-corrected chi connectivity index (χ3v) is 3.77. The van der Waals surface area contributed by atoms with Gasteiger partial charge in [-0.1, -0.05) is 17.3 Å². The molecule has 1 aromatic carbocycles. The summed E-state index contributed by atoms with van der Waals surface area (Å²) in [7, 11) is 0. The highest BCUT2D eigenvalue weighted by molar-refractivity contribution is 5.79. The van der Waals surface area contributed by atoms with Crippen molar-refractivity contribution in [3.63, 3.8) is 0 Å². The van der Waals surface area contributed by atoms with Crippen molar-refractivity contribution in [2.75, 3.05) is 37.6 Å². The highest BCUT2D eigenvalue weighted by atomic mass is 16.4. The zero-order valence-corrected chi connectivity index (χ0v) is 12.1. The molecule has 110 valence electrons. The first-order valence-electron chi connectivity index (χ1n) is 7.19. The lowest BCUT2D eigenvalue weighted by atomic mass is 10.2. The largest absolute Gasteiger partial charge is 0.409 e. The molecule has 5 nitrogen and oxygen atoms in total. The second-order valence-corrected chi connectivity index (χ2v) is 5.36. The maximum atomic E-state index is 8.50. The molecule has 1 fully saturated rings. The van der Waals surface area contributed by atoms with Gasteiger partial charge in [0.1, 0.15) is 5.84 Å². The molecular formula is C15H24N4O. The first-order chi connectivity index (χ1) is 9.69. The van der Waals surface area contributed by atoms with Crippen LogP contribution in [0.5, 0.6) is 0 Å². The summed E-state index contributed by atoms with van der Waals surface area (Å²) in [5.74, 6) is 0.323. The van der Waals surface area contributed by atoms with E-state index in [1.165, 1.54) is 11.3 Å². The lowest BCUT2D eigenvalue weighted by Gasteiger charge is -2.36. The minimum atomic E-state index is 0.323. The average Bonchev–Trinajstić information content (AvgIpc) is 2.48. The molecule has 20 heavy (non-hydrogen) atoms. The Kier molecular flexibility index (Phi) is 5.24. The monoisotopic (exact) mass is 276 g/mol. The normalized spacial score (nSPS) is 17.4. The molecule has 5 heteroatoms. The van der Waals surface area contributed by atoms with Crippen molar-refractivity contribution in [1.82, 2.24) is 4.90 Å². The fraction of sp³-hybridized carbons (Fsp3) is 0.533. The Bertz CT molecular complexity index is 453. The lowest BCUT2D eigenvalue weighted by Crippen LogP contribution is -2.46. The van der Waals surface area contributed by atoms with Crippen LogP contribution in [-0.2, 0) is 0 Å². The van der Waals surface area contributed by atoms with E-state index in [-0.39, 0.29) is 0 Å². The lowest BCUT2D eigenvalue weighted by molar-refractivity contribution is 0.255. The van der Waals surface area contributed by atoms with Crippen molar-refractivity contribution in [3.05, 3.63) is 29.8 Å². The van der Waals surface area contributed by atoms with Gasteiger partial charge in [-0.15, -0.1) is 0 Å². The number of benzene rings is 1. The molecule has 3 N–H and O–H groups in total. The first-order valence-corrected chi connectivity index (χ1v) is 7.19. The maximum absolute atomic E-state index is 8.50. The van der Waals surface area contributed by atoms with Crippen LogP contribution in [0.3, 0.4) is 0 Å². The molecule has 0 spiro atoms. The predicted molar refractivity (Wildman–Crippen MR) is 82.5 cm³/mol. The Morgan fingerprint density at radius 1 is 1.30 bits per heavy atom. The van der Waals surface area contributed by atoms with Crippen LogP contribution in [0.25, 0.3) is 0 Å². The molecule has 2 rings (SSSR count). The quantitative estimate of drug-likeness (QED) is 0.371. The van der Waals surface area contributed by atoms with Crippen molar-refractivity contribution in [1.29, 1.82) is 0 Å². The number of hydrogen-bond donors (Lipinski definition) is 2. The Labute approximate surface area is 120 Å². The second-order valence-electron chi connectivity index (χ2n) is 5.36. The number of nitrogens with two attached hydrogens (primary N) is 1. The summed E-state index contributed by atoms with van der Waals surface area (Å²) >= 11 is 0. The van der Waals surface area contributed by atoms with E-state index in [2.05, 4.69) is 46.1 Å². The first kappa shape index (κ1) is 14.7. The van der Waals surface area contributed by atoms with Crippen molar-refractivity contribution in [2.24, 2.45) is 10.9 Å². The van der Waals surface area contributed by atoms with Crippen molar-refractivity contribution < 1.29 is 5.21 Å². The smallest absolute Gasteiger partial charge is 0.139 e. The highest BCUT2D eigenvalue weighted by Gasteiger charge is 2.16. The summed E-state index contributed by atoms with van der Waals surface area (Å²) in [5, 5.41) is 11.5. The molecule has 0 saturated carbocycles. The Balaban J connectivity index is 1.75. The van der Waals surface area contributed by atoms with Crippen LogP contribution < -0.4 is 10.6 Å². The topological polar surface area (TPSA) is 65.1 Å². The summed E-state index contributed by atoms with van der Waals surface area (Å²) in [6, 6.07) is 8.68. The third-order valence-electron chi connectivity index (χ3n) is 3.77. The van der Waals surface area contributed by atoms with E-state index in [0.717, 1.165) is 39.1 Å². The molecule has 1 saturated heterocycles. The minimum absolute atomic E-state index is 0.323. The fourth-order valence-corrected chi connectivity index (χ4v) is 2.59. The van der Waals surface area contributed by atoms with Gasteiger partial charge in [0.05, 0.1) is 0 Å². The van der Waals surface area contributed by atoms with Crippen LogP contribution in [-0.4, -0.2) is 48.7 Å². The Hall–Kier alpha value is -1.75. The zero-order chi connectivity index (χ0) is 14.4. The molecule has 0 amide bonds. The van der Waals surface area contributed by atoms with E-state index in [9.17, 15) is 0 Å². The van der Waals surface area contributed by atoms with Crippen LogP contribution >= 0.6 is 0 Å². The van der Waals surface area contributed by atoms with Crippen LogP contribution in [0.15, 0.2) is 29.4 Å². The molecular weight excluding hydrogens is 252 g/mol. The molecule has 0 bridgehead atoms. The van der Waals surface area contributed by atoms with E-state index in [1.807, 2.05) is 0 Å². The minimum Gasteiger partial charge on any atom is -0.409 e. The van der Waals surface area contributed by atoms with Crippen molar-refractivity contribution in [3.8, 4) is 0 Å². The average molecular weight is 276 g/mol. The van der Waals surface area contributed by atoms with Crippen LogP contribution in [0.2, 0.25) is 0 Å². The summed E-state index contributed by atoms with van der Waals surface area (Å²) in [6.45, 7) is 7.42. The third kappa shape index (κ3) is 4.13. The van der Waals surface area contributed by atoms with Crippen LogP contribution in [0.1, 0.15) is 18.4 Å². The van der Waals surface area contributed by atoms with Gasteiger partial charge in [-0.05, 0) is 37.6 Å². The molecule has 1 aliphatic rings. The van der Waals surface area contributed by atoms with E-state index in [4.69, 9.17) is 10.9 Å². The van der Waals surface area contributed by atoms with Gasteiger partial charge in [0.2, 0.25) is 0 Å². The predicted octanol–water partition coefficient (Wildman–Crippen LogP) is 1.64. The zero-order valence-electron chi connectivity index (χ0n) is 12.1. The van der Waals surface area contributed by atoms with Gasteiger partial charge in [0, 0.05) is 38.3 Å². The van der Waals surface area contributed by atoms with Crippen molar-refractivity contribution in [2.45, 2.75) is 19.8 Å². The number of aryl methyl sites for hydroxylation is 1. The van der Waals surface area contributed by atoms with E-state index < -0.39 is 0 Å².